The minimum absolute atomic E-state index is 0.0805. The van der Waals surface area contributed by atoms with Gasteiger partial charge in [-0.05, 0) is 77.0 Å². The molecule has 3 unspecified atom stereocenters. The van der Waals surface area contributed by atoms with Gasteiger partial charge in [-0.2, -0.15) is 0 Å². The molecule has 1 aromatic carbocycles. The molecule has 3 amide bonds. The predicted octanol–water partition coefficient (Wildman–Crippen LogP) is 5.01. The first-order chi connectivity index (χ1) is 16.2. The van der Waals surface area contributed by atoms with Crippen LogP contribution in [0.15, 0.2) is 18.2 Å². The minimum Gasteiger partial charge on any atom is -0.444 e. The van der Waals surface area contributed by atoms with Crippen LogP contribution in [0.1, 0.15) is 90.5 Å². The van der Waals surface area contributed by atoms with Crippen molar-refractivity contribution in [2.45, 2.75) is 105 Å². The Balaban J connectivity index is 3.42. The maximum absolute atomic E-state index is 13.7. The molecular weight excluding hydrogens is 442 g/mol. The van der Waals surface area contributed by atoms with Crippen LogP contribution in [0.5, 0.6) is 0 Å². The third-order valence-corrected chi connectivity index (χ3v) is 5.54. The van der Waals surface area contributed by atoms with Crippen molar-refractivity contribution in [3.05, 3.63) is 34.9 Å². The van der Waals surface area contributed by atoms with Crippen LogP contribution in [-0.4, -0.2) is 40.5 Å². The van der Waals surface area contributed by atoms with Crippen LogP contribution >= 0.6 is 0 Å². The van der Waals surface area contributed by atoms with E-state index in [0.717, 1.165) is 28.9 Å². The lowest BCUT2D eigenvalue weighted by atomic mass is 9.97. The summed E-state index contributed by atoms with van der Waals surface area (Å²) in [6.45, 7) is 17.0. The second-order valence-electron chi connectivity index (χ2n) is 10.6. The number of terminal acetylenes is 1. The molecule has 1 aromatic rings. The van der Waals surface area contributed by atoms with Gasteiger partial charge in [-0.25, -0.2) is 4.79 Å². The summed E-state index contributed by atoms with van der Waals surface area (Å²) in [5.74, 6) is -0.813. The van der Waals surface area contributed by atoms with Gasteiger partial charge in [0.05, 0.1) is 0 Å². The van der Waals surface area contributed by atoms with Crippen LogP contribution in [0.4, 0.5) is 4.79 Å². The molecule has 2 N–H and O–H groups in total. The number of hydrogen-bond acceptors (Lipinski definition) is 4. The van der Waals surface area contributed by atoms with E-state index in [9.17, 15) is 14.4 Å². The summed E-state index contributed by atoms with van der Waals surface area (Å²) in [5, 5.41) is 5.66. The predicted molar refractivity (Wildman–Crippen MR) is 139 cm³/mol. The van der Waals surface area contributed by atoms with E-state index in [1.54, 1.807) is 20.8 Å². The van der Waals surface area contributed by atoms with E-state index in [0.29, 0.717) is 12.0 Å². The molecule has 7 nitrogen and oxygen atoms in total. The largest absolute Gasteiger partial charge is 0.444 e. The van der Waals surface area contributed by atoms with Crippen LogP contribution < -0.4 is 10.6 Å². The van der Waals surface area contributed by atoms with E-state index in [2.05, 4.69) is 16.7 Å². The Labute approximate surface area is 211 Å². The molecule has 0 aromatic heterocycles. The molecule has 1 rings (SSSR count). The number of carbonyl (C=O) groups is 3. The van der Waals surface area contributed by atoms with Gasteiger partial charge in [-0.15, -0.1) is 0 Å². The van der Waals surface area contributed by atoms with Crippen molar-refractivity contribution in [2.75, 3.05) is 0 Å². The molecule has 3 atom stereocenters. The molecule has 0 heterocycles. The Kier molecular flexibility index (Phi) is 11.3. The molecule has 0 aliphatic rings. The van der Waals surface area contributed by atoms with Gasteiger partial charge in [0.25, 0.3) is 5.91 Å². The Hall–Kier alpha value is -3.01. The SMILES string of the molecule is C#CN(C(=O)C(CC(C)C)NC(=O)OC(C)(C)C)C(C(=O)NC(C)CCC)c1ccc(C)c(C)c1. The van der Waals surface area contributed by atoms with Crippen molar-refractivity contribution in [3.8, 4) is 12.5 Å². The summed E-state index contributed by atoms with van der Waals surface area (Å²) in [6.07, 6.45) is 7.17. The number of aryl methyl sites for hydroxylation is 2. The van der Waals surface area contributed by atoms with Gasteiger partial charge in [0.2, 0.25) is 5.91 Å². The lowest BCUT2D eigenvalue weighted by Gasteiger charge is -2.32. The molecule has 7 heteroatoms. The lowest BCUT2D eigenvalue weighted by molar-refractivity contribution is -0.139. The highest BCUT2D eigenvalue weighted by molar-refractivity contribution is 5.93. The average Bonchev–Trinajstić information content (AvgIpc) is 2.71. The van der Waals surface area contributed by atoms with Crippen LogP contribution in [-0.2, 0) is 14.3 Å². The maximum atomic E-state index is 13.7. The zero-order valence-electron chi connectivity index (χ0n) is 22.8. The van der Waals surface area contributed by atoms with Gasteiger partial charge in [-0.3, -0.25) is 14.5 Å². The molecular formula is C28H43N3O4. The fraction of sp³-hybridized carbons (Fsp3) is 0.607. The number of alkyl carbamates (subject to hydrolysis) is 1. The van der Waals surface area contributed by atoms with E-state index in [1.165, 1.54) is 0 Å². The van der Waals surface area contributed by atoms with Crippen LogP contribution in [0.3, 0.4) is 0 Å². The third-order valence-electron chi connectivity index (χ3n) is 5.54. The summed E-state index contributed by atoms with van der Waals surface area (Å²) in [7, 11) is 0. The number of hydrogen-bond donors (Lipinski definition) is 2. The van der Waals surface area contributed by atoms with Crippen LogP contribution in [0, 0.1) is 32.2 Å². The molecule has 0 aliphatic carbocycles. The number of amides is 3. The third kappa shape index (κ3) is 9.64. The zero-order chi connectivity index (χ0) is 26.9. The van der Waals surface area contributed by atoms with Crippen molar-refractivity contribution in [2.24, 2.45) is 5.92 Å². The quantitative estimate of drug-likeness (QED) is 0.360. The number of carbonyl (C=O) groups excluding carboxylic acids is 3. The molecule has 0 spiro atoms. The first-order valence-corrected chi connectivity index (χ1v) is 12.4. The summed E-state index contributed by atoms with van der Waals surface area (Å²) in [4.78, 5) is 40.8. The second-order valence-corrected chi connectivity index (χ2v) is 10.6. The Morgan fingerprint density at radius 3 is 2.20 bits per heavy atom. The van der Waals surface area contributed by atoms with Crippen molar-refractivity contribution in [1.82, 2.24) is 15.5 Å². The average molecular weight is 486 g/mol. The first kappa shape index (κ1) is 30.0. The number of benzene rings is 1. The zero-order valence-corrected chi connectivity index (χ0v) is 22.8. The molecule has 194 valence electrons. The van der Waals surface area contributed by atoms with Gasteiger partial charge in [0.15, 0.2) is 0 Å². The summed E-state index contributed by atoms with van der Waals surface area (Å²) in [6, 6.07) is 5.95. The number of nitrogens with zero attached hydrogens (tertiary/aromatic N) is 1. The molecule has 35 heavy (non-hydrogen) atoms. The monoisotopic (exact) mass is 485 g/mol. The molecule has 0 saturated carbocycles. The van der Waals surface area contributed by atoms with Gasteiger partial charge in [0.1, 0.15) is 17.7 Å². The highest BCUT2D eigenvalue weighted by Gasteiger charge is 2.36. The highest BCUT2D eigenvalue weighted by atomic mass is 16.6. The van der Waals surface area contributed by atoms with E-state index in [1.807, 2.05) is 59.7 Å². The van der Waals surface area contributed by atoms with E-state index >= 15 is 0 Å². The normalized spacial score (nSPS) is 13.9. The van der Waals surface area contributed by atoms with Crippen LogP contribution in [0.25, 0.3) is 0 Å². The van der Waals surface area contributed by atoms with Gasteiger partial charge < -0.3 is 15.4 Å². The summed E-state index contributed by atoms with van der Waals surface area (Å²) >= 11 is 0. The Morgan fingerprint density at radius 2 is 1.71 bits per heavy atom. The van der Waals surface area contributed by atoms with Crippen molar-refractivity contribution in [1.29, 1.82) is 0 Å². The van der Waals surface area contributed by atoms with E-state index in [4.69, 9.17) is 11.2 Å². The molecule has 0 saturated heterocycles. The minimum atomic E-state index is -1.04. The number of ether oxygens (including phenoxy) is 1. The van der Waals surface area contributed by atoms with Crippen molar-refractivity contribution in [3.63, 3.8) is 0 Å². The smallest absolute Gasteiger partial charge is 0.408 e. The van der Waals surface area contributed by atoms with Crippen molar-refractivity contribution < 1.29 is 19.1 Å². The van der Waals surface area contributed by atoms with Crippen molar-refractivity contribution >= 4 is 17.9 Å². The summed E-state index contributed by atoms with van der Waals surface area (Å²) < 4.78 is 5.36. The summed E-state index contributed by atoms with van der Waals surface area (Å²) in [5.41, 5.74) is 1.94. The van der Waals surface area contributed by atoms with Gasteiger partial charge >= 0.3 is 6.09 Å². The van der Waals surface area contributed by atoms with Gasteiger partial charge in [-0.1, -0.05) is 51.8 Å². The number of rotatable bonds is 10. The Morgan fingerprint density at radius 1 is 1.09 bits per heavy atom. The Bertz CT molecular complexity index is 927. The van der Waals surface area contributed by atoms with Gasteiger partial charge in [0, 0.05) is 12.1 Å². The fourth-order valence-electron chi connectivity index (χ4n) is 3.76. The number of nitrogens with one attached hydrogen (secondary N) is 2. The highest BCUT2D eigenvalue weighted by Crippen LogP contribution is 2.25. The molecule has 0 radical (unpaired) electrons. The lowest BCUT2D eigenvalue weighted by Crippen LogP contribution is -2.52. The van der Waals surface area contributed by atoms with E-state index in [-0.39, 0.29) is 17.9 Å². The molecule has 0 bridgehead atoms. The van der Waals surface area contributed by atoms with Crippen LogP contribution in [0.2, 0.25) is 0 Å². The van der Waals surface area contributed by atoms with E-state index < -0.39 is 29.7 Å². The second kappa shape index (κ2) is 13.2. The fourth-order valence-corrected chi connectivity index (χ4v) is 3.76. The maximum Gasteiger partial charge on any atom is 0.408 e. The molecule has 0 fully saturated rings. The first-order valence-electron chi connectivity index (χ1n) is 12.4. The topological polar surface area (TPSA) is 87.7 Å². The standard InChI is InChI=1S/C28H43N3O4/c1-11-13-21(7)29-25(32)24(22-15-14-19(5)20(6)17-22)31(12-2)26(33)23(16-18(3)4)30-27(34)35-28(8,9)10/h2,14-15,17-18,21,23-24H,11,13,16H2,1,3-10H3,(H,29,32)(H,30,34). The molecule has 0 aliphatic heterocycles.